The SMILES string of the molecule is CCCCCCCC(=O)OC(=O)CC(O)(CC(=O)OCCCCCCCCCCCCCCCC(C)C)C(=O)O. The van der Waals surface area contributed by atoms with Crippen LogP contribution in [-0.2, 0) is 28.7 Å². The molecular formula is C32H58O8. The van der Waals surface area contributed by atoms with Crippen molar-refractivity contribution in [3.63, 3.8) is 0 Å². The maximum absolute atomic E-state index is 12.1. The minimum absolute atomic E-state index is 0.0434. The van der Waals surface area contributed by atoms with Crippen LogP contribution in [0.25, 0.3) is 0 Å². The first-order valence-corrected chi connectivity index (χ1v) is 16.0. The average molecular weight is 571 g/mol. The zero-order valence-electron chi connectivity index (χ0n) is 25.7. The molecule has 0 rings (SSSR count). The highest BCUT2D eigenvalue weighted by molar-refractivity contribution is 5.92. The molecule has 0 saturated carbocycles. The Hall–Kier alpha value is -1.96. The molecule has 0 heterocycles. The summed E-state index contributed by atoms with van der Waals surface area (Å²) >= 11 is 0. The molecule has 2 N–H and O–H groups in total. The van der Waals surface area contributed by atoms with E-state index in [0.717, 1.165) is 50.9 Å². The van der Waals surface area contributed by atoms with E-state index in [-0.39, 0.29) is 13.0 Å². The second-order valence-electron chi connectivity index (χ2n) is 11.7. The molecule has 0 aliphatic heterocycles. The van der Waals surface area contributed by atoms with Crippen molar-refractivity contribution in [2.24, 2.45) is 5.92 Å². The van der Waals surface area contributed by atoms with Crippen LogP contribution in [-0.4, -0.2) is 46.3 Å². The third-order valence-electron chi connectivity index (χ3n) is 7.17. The Labute approximate surface area is 243 Å². The van der Waals surface area contributed by atoms with Gasteiger partial charge < -0.3 is 19.7 Å². The van der Waals surface area contributed by atoms with E-state index in [9.17, 15) is 29.4 Å². The summed E-state index contributed by atoms with van der Waals surface area (Å²) in [5.74, 6) is -3.76. The molecule has 8 heteroatoms. The highest BCUT2D eigenvalue weighted by atomic mass is 16.6. The predicted molar refractivity (Wildman–Crippen MR) is 157 cm³/mol. The fourth-order valence-corrected chi connectivity index (χ4v) is 4.61. The first kappa shape index (κ1) is 38.0. The van der Waals surface area contributed by atoms with Crippen LogP contribution in [0.2, 0.25) is 0 Å². The van der Waals surface area contributed by atoms with E-state index in [1.54, 1.807) is 0 Å². The van der Waals surface area contributed by atoms with Crippen molar-refractivity contribution in [2.75, 3.05) is 6.61 Å². The van der Waals surface area contributed by atoms with Gasteiger partial charge in [-0.3, -0.25) is 14.4 Å². The van der Waals surface area contributed by atoms with Crippen LogP contribution in [0, 0.1) is 5.92 Å². The van der Waals surface area contributed by atoms with Gasteiger partial charge in [0.05, 0.1) is 19.4 Å². The Morgan fingerprint density at radius 3 is 1.57 bits per heavy atom. The number of hydrogen-bond acceptors (Lipinski definition) is 7. The number of unbranched alkanes of at least 4 members (excludes halogenated alkanes) is 16. The van der Waals surface area contributed by atoms with Crippen molar-refractivity contribution in [3.8, 4) is 0 Å². The molecule has 0 aromatic heterocycles. The van der Waals surface area contributed by atoms with Gasteiger partial charge in [0.1, 0.15) is 0 Å². The predicted octanol–water partition coefficient (Wildman–Crippen LogP) is 7.67. The van der Waals surface area contributed by atoms with E-state index in [4.69, 9.17) is 4.74 Å². The van der Waals surface area contributed by atoms with Gasteiger partial charge in [-0.05, 0) is 18.8 Å². The lowest BCUT2D eigenvalue weighted by Gasteiger charge is -2.21. The molecule has 0 radical (unpaired) electrons. The fraction of sp³-hybridized carbons (Fsp3) is 0.875. The van der Waals surface area contributed by atoms with Crippen molar-refractivity contribution in [1.29, 1.82) is 0 Å². The molecule has 1 atom stereocenters. The molecule has 0 aromatic carbocycles. The Morgan fingerprint density at radius 1 is 0.625 bits per heavy atom. The third kappa shape index (κ3) is 22.8. The number of aliphatic hydroxyl groups is 1. The van der Waals surface area contributed by atoms with Crippen molar-refractivity contribution in [2.45, 2.75) is 168 Å². The molecule has 0 aliphatic rings. The Kier molecular flexibility index (Phi) is 23.6. The maximum Gasteiger partial charge on any atom is 0.336 e. The van der Waals surface area contributed by atoms with Gasteiger partial charge in [0.15, 0.2) is 5.60 Å². The van der Waals surface area contributed by atoms with Crippen molar-refractivity contribution in [3.05, 3.63) is 0 Å². The standard InChI is InChI=1S/C32H58O8/c1-4-5-6-16-20-23-28(33)40-30(35)26-32(38,31(36)37)25-29(34)39-24-21-18-15-13-11-9-7-8-10-12-14-17-19-22-27(2)3/h27,38H,4-26H2,1-3H3,(H,36,37). The lowest BCUT2D eigenvalue weighted by Crippen LogP contribution is -2.43. The van der Waals surface area contributed by atoms with Crippen molar-refractivity contribution < 1.29 is 38.9 Å². The quantitative estimate of drug-likeness (QED) is 0.0585. The summed E-state index contributed by atoms with van der Waals surface area (Å²) in [5.41, 5.74) is -2.68. The smallest absolute Gasteiger partial charge is 0.336 e. The molecule has 0 aliphatic carbocycles. The number of carbonyl (C=O) groups excluding carboxylic acids is 3. The molecule has 0 aromatic rings. The molecular weight excluding hydrogens is 512 g/mol. The summed E-state index contributed by atoms with van der Waals surface area (Å²) < 4.78 is 9.70. The van der Waals surface area contributed by atoms with Gasteiger partial charge >= 0.3 is 23.9 Å². The molecule has 234 valence electrons. The van der Waals surface area contributed by atoms with Gasteiger partial charge in [0.25, 0.3) is 0 Å². The van der Waals surface area contributed by atoms with E-state index >= 15 is 0 Å². The van der Waals surface area contributed by atoms with E-state index < -0.39 is 42.3 Å². The zero-order valence-corrected chi connectivity index (χ0v) is 25.7. The fourth-order valence-electron chi connectivity index (χ4n) is 4.61. The number of rotatable bonds is 27. The zero-order chi connectivity index (χ0) is 30.1. The van der Waals surface area contributed by atoms with Crippen LogP contribution in [0.15, 0.2) is 0 Å². The second-order valence-corrected chi connectivity index (χ2v) is 11.7. The Balaban J connectivity index is 3.89. The van der Waals surface area contributed by atoms with Gasteiger partial charge in [-0.2, -0.15) is 0 Å². The lowest BCUT2D eigenvalue weighted by atomic mass is 9.96. The molecule has 0 bridgehead atoms. The largest absolute Gasteiger partial charge is 0.479 e. The van der Waals surface area contributed by atoms with Gasteiger partial charge in [0, 0.05) is 6.42 Å². The summed E-state index contributed by atoms with van der Waals surface area (Å²) in [5, 5.41) is 19.7. The number of esters is 3. The summed E-state index contributed by atoms with van der Waals surface area (Å²) in [4.78, 5) is 47.4. The van der Waals surface area contributed by atoms with Gasteiger partial charge in [-0.15, -0.1) is 0 Å². The maximum atomic E-state index is 12.1. The third-order valence-corrected chi connectivity index (χ3v) is 7.17. The van der Waals surface area contributed by atoms with E-state index in [1.807, 2.05) is 0 Å². The van der Waals surface area contributed by atoms with Gasteiger partial charge in [-0.25, -0.2) is 4.79 Å². The number of ether oxygens (including phenoxy) is 2. The normalized spacial score (nSPS) is 12.7. The second kappa shape index (κ2) is 24.8. The first-order chi connectivity index (χ1) is 19.1. The summed E-state index contributed by atoms with van der Waals surface area (Å²) in [6.45, 7) is 6.78. The number of carboxylic acid groups (broad SMARTS) is 1. The Bertz CT molecular complexity index is 690. The average Bonchev–Trinajstić information content (AvgIpc) is 2.87. The van der Waals surface area contributed by atoms with Crippen molar-refractivity contribution >= 4 is 23.9 Å². The molecule has 1 unspecified atom stereocenters. The molecule has 0 amide bonds. The first-order valence-electron chi connectivity index (χ1n) is 16.0. The van der Waals surface area contributed by atoms with Crippen LogP contribution in [0.5, 0.6) is 0 Å². The molecule has 40 heavy (non-hydrogen) atoms. The number of carboxylic acids is 1. The number of aliphatic carboxylic acids is 1. The van der Waals surface area contributed by atoms with E-state index in [1.165, 1.54) is 64.2 Å². The monoisotopic (exact) mass is 570 g/mol. The molecule has 0 fully saturated rings. The Morgan fingerprint density at radius 2 is 1.07 bits per heavy atom. The number of carbonyl (C=O) groups is 4. The minimum atomic E-state index is -2.68. The summed E-state index contributed by atoms with van der Waals surface area (Å²) in [6.07, 6.45) is 19.6. The summed E-state index contributed by atoms with van der Waals surface area (Å²) in [7, 11) is 0. The minimum Gasteiger partial charge on any atom is -0.479 e. The van der Waals surface area contributed by atoms with Crippen LogP contribution in [0.1, 0.15) is 162 Å². The number of hydrogen-bond donors (Lipinski definition) is 2. The van der Waals surface area contributed by atoms with E-state index in [2.05, 4.69) is 25.5 Å². The molecule has 0 spiro atoms. The molecule has 0 saturated heterocycles. The van der Waals surface area contributed by atoms with Crippen LogP contribution in [0.4, 0.5) is 0 Å². The van der Waals surface area contributed by atoms with Crippen LogP contribution < -0.4 is 0 Å². The van der Waals surface area contributed by atoms with Gasteiger partial charge in [0.2, 0.25) is 0 Å². The highest BCUT2D eigenvalue weighted by Gasteiger charge is 2.42. The highest BCUT2D eigenvalue weighted by Crippen LogP contribution is 2.19. The summed E-state index contributed by atoms with van der Waals surface area (Å²) in [6, 6.07) is 0. The van der Waals surface area contributed by atoms with Crippen molar-refractivity contribution in [1.82, 2.24) is 0 Å². The van der Waals surface area contributed by atoms with E-state index in [0.29, 0.717) is 12.8 Å². The van der Waals surface area contributed by atoms with Crippen LogP contribution in [0.3, 0.4) is 0 Å². The topological polar surface area (TPSA) is 127 Å². The van der Waals surface area contributed by atoms with Gasteiger partial charge in [-0.1, -0.05) is 130 Å². The van der Waals surface area contributed by atoms with Crippen LogP contribution >= 0.6 is 0 Å². The lowest BCUT2D eigenvalue weighted by molar-refractivity contribution is -0.175. The molecule has 8 nitrogen and oxygen atoms in total.